The minimum atomic E-state index is -4.42. The molecule has 1 heterocycles. The van der Waals surface area contributed by atoms with Gasteiger partial charge in [-0.15, -0.1) is 0 Å². The molecule has 120 valence electrons. The lowest BCUT2D eigenvalue weighted by Gasteiger charge is -2.34. The van der Waals surface area contributed by atoms with E-state index in [1.807, 2.05) is 5.32 Å². The summed E-state index contributed by atoms with van der Waals surface area (Å²) >= 11 is 0. The molecule has 3 N–H and O–H groups in total. The van der Waals surface area contributed by atoms with Gasteiger partial charge in [-0.05, 0) is 12.8 Å². The molecule has 0 saturated carbocycles. The van der Waals surface area contributed by atoms with Crippen LogP contribution in [0.3, 0.4) is 0 Å². The number of halogens is 3. The summed E-state index contributed by atoms with van der Waals surface area (Å²) in [7, 11) is 0. The highest BCUT2D eigenvalue weighted by Gasteiger charge is 2.43. The van der Waals surface area contributed by atoms with Crippen LogP contribution in [0.4, 0.5) is 18.0 Å². The molecule has 0 bridgehead atoms. The lowest BCUT2D eigenvalue weighted by molar-refractivity contribution is -0.184. The van der Waals surface area contributed by atoms with Gasteiger partial charge in [0.1, 0.15) is 6.04 Å². The number of carbonyl (C=O) groups excluding carboxylic acids is 1. The molecule has 10 heteroatoms. The van der Waals surface area contributed by atoms with Crippen molar-refractivity contribution < 1.29 is 37.8 Å². The first-order chi connectivity index (χ1) is 9.61. The maximum Gasteiger partial charge on any atom is 0.393 e. The highest BCUT2D eigenvalue weighted by atomic mass is 19.4. The number of likely N-dealkylation sites (tertiary alicyclic amines) is 1. The zero-order valence-electron chi connectivity index (χ0n) is 10.9. The second-order valence-electron chi connectivity index (χ2n) is 4.76. The van der Waals surface area contributed by atoms with Crippen LogP contribution in [-0.4, -0.2) is 58.4 Å². The van der Waals surface area contributed by atoms with Gasteiger partial charge in [-0.25, -0.2) is 9.59 Å². The minimum Gasteiger partial charge on any atom is -0.481 e. The fourth-order valence-corrected chi connectivity index (χ4v) is 2.04. The number of nitrogens with one attached hydrogen (secondary N) is 1. The third-order valence-electron chi connectivity index (χ3n) is 3.15. The van der Waals surface area contributed by atoms with E-state index < -0.39 is 49.1 Å². The van der Waals surface area contributed by atoms with Gasteiger partial charge >= 0.3 is 24.1 Å². The van der Waals surface area contributed by atoms with Crippen molar-refractivity contribution in [3.8, 4) is 0 Å². The quantitative estimate of drug-likeness (QED) is 0.715. The third-order valence-corrected chi connectivity index (χ3v) is 3.15. The van der Waals surface area contributed by atoms with Gasteiger partial charge in [0.15, 0.2) is 0 Å². The number of carboxylic acid groups (broad SMARTS) is 2. The Bertz CT molecular complexity index is 427. The second kappa shape index (κ2) is 6.64. The minimum absolute atomic E-state index is 0.0673. The first kappa shape index (κ1) is 17.1. The van der Waals surface area contributed by atoms with Crippen molar-refractivity contribution >= 4 is 18.0 Å². The standard InChI is InChI=1S/C11H15F3N2O5/c12-11(13,14)6-2-1-3-16(5-6)10(21)15-7(9(19)20)4-8(17)18/h6-7H,1-5H2,(H,15,21)(H,17,18)(H,19,20). The summed E-state index contributed by atoms with van der Waals surface area (Å²) in [4.78, 5) is 33.9. The Kier molecular flexibility index (Phi) is 5.39. The van der Waals surface area contributed by atoms with Crippen LogP contribution in [-0.2, 0) is 9.59 Å². The Morgan fingerprint density at radius 1 is 1.29 bits per heavy atom. The van der Waals surface area contributed by atoms with Gasteiger partial charge in [0.25, 0.3) is 0 Å². The van der Waals surface area contributed by atoms with E-state index in [2.05, 4.69) is 0 Å². The summed E-state index contributed by atoms with van der Waals surface area (Å²) in [5.74, 6) is -4.65. The molecule has 21 heavy (non-hydrogen) atoms. The van der Waals surface area contributed by atoms with Crippen molar-refractivity contribution in [1.29, 1.82) is 0 Å². The van der Waals surface area contributed by atoms with Gasteiger partial charge in [-0.1, -0.05) is 0 Å². The molecule has 7 nitrogen and oxygen atoms in total. The van der Waals surface area contributed by atoms with Crippen molar-refractivity contribution in [2.45, 2.75) is 31.5 Å². The number of piperidine rings is 1. The van der Waals surface area contributed by atoms with Crippen LogP contribution in [0.5, 0.6) is 0 Å². The summed E-state index contributed by atoms with van der Waals surface area (Å²) in [6.07, 6.45) is -5.22. The summed E-state index contributed by atoms with van der Waals surface area (Å²) in [5, 5.41) is 19.2. The van der Waals surface area contributed by atoms with Crippen LogP contribution in [0.25, 0.3) is 0 Å². The molecule has 2 atom stereocenters. The highest BCUT2D eigenvalue weighted by molar-refractivity contribution is 5.86. The molecule has 0 spiro atoms. The predicted octanol–water partition coefficient (Wildman–Crippen LogP) is 0.898. The number of rotatable bonds is 4. The topological polar surface area (TPSA) is 107 Å². The van der Waals surface area contributed by atoms with E-state index in [1.165, 1.54) is 0 Å². The Balaban J connectivity index is 2.65. The number of nitrogens with zero attached hydrogens (tertiary/aromatic N) is 1. The lowest BCUT2D eigenvalue weighted by Crippen LogP contribution is -2.52. The molecule has 0 aromatic heterocycles. The number of carbonyl (C=O) groups is 3. The van der Waals surface area contributed by atoms with Crippen molar-refractivity contribution in [2.24, 2.45) is 5.92 Å². The molecule has 1 aliphatic heterocycles. The van der Waals surface area contributed by atoms with Crippen LogP contribution in [0.15, 0.2) is 0 Å². The molecule has 0 aromatic rings. The van der Waals surface area contributed by atoms with Crippen LogP contribution in [0, 0.1) is 5.92 Å². The smallest absolute Gasteiger partial charge is 0.393 e. The van der Waals surface area contributed by atoms with Gasteiger partial charge in [0.2, 0.25) is 0 Å². The molecule has 2 unspecified atom stereocenters. The van der Waals surface area contributed by atoms with Gasteiger partial charge in [0.05, 0.1) is 12.3 Å². The zero-order valence-corrected chi connectivity index (χ0v) is 10.9. The average molecular weight is 312 g/mol. The number of hydrogen-bond donors (Lipinski definition) is 3. The van der Waals surface area contributed by atoms with E-state index in [0.717, 1.165) is 4.90 Å². The Morgan fingerprint density at radius 3 is 2.38 bits per heavy atom. The molecule has 0 aromatic carbocycles. The fourth-order valence-electron chi connectivity index (χ4n) is 2.04. The fraction of sp³-hybridized carbons (Fsp3) is 0.727. The SMILES string of the molecule is O=C(O)CC(NC(=O)N1CCCC(C(F)(F)F)C1)C(=O)O. The summed E-state index contributed by atoms with van der Waals surface area (Å²) < 4.78 is 37.8. The predicted molar refractivity (Wildman–Crippen MR) is 62.6 cm³/mol. The number of amides is 2. The number of aliphatic carboxylic acids is 2. The maximum absolute atomic E-state index is 12.6. The van der Waals surface area contributed by atoms with Crippen molar-refractivity contribution in [3.63, 3.8) is 0 Å². The first-order valence-corrected chi connectivity index (χ1v) is 6.18. The summed E-state index contributed by atoms with van der Waals surface area (Å²) in [5.41, 5.74) is 0. The number of urea groups is 1. The van der Waals surface area contributed by atoms with Crippen molar-refractivity contribution in [2.75, 3.05) is 13.1 Å². The van der Waals surface area contributed by atoms with E-state index >= 15 is 0 Å². The first-order valence-electron chi connectivity index (χ1n) is 6.18. The summed E-state index contributed by atoms with van der Waals surface area (Å²) in [6.45, 7) is -0.493. The van der Waals surface area contributed by atoms with E-state index in [0.29, 0.717) is 0 Å². The van der Waals surface area contributed by atoms with Crippen molar-refractivity contribution in [1.82, 2.24) is 10.2 Å². The van der Waals surface area contributed by atoms with Crippen LogP contribution >= 0.6 is 0 Å². The molecule has 0 aliphatic carbocycles. The Morgan fingerprint density at radius 2 is 1.90 bits per heavy atom. The molecule has 2 amide bonds. The van der Waals surface area contributed by atoms with Crippen molar-refractivity contribution in [3.05, 3.63) is 0 Å². The van der Waals surface area contributed by atoms with E-state index in [-0.39, 0.29) is 19.4 Å². The lowest BCUT2D eigenvalue weighted by atomic mass is 9.98. The third kappa shape index (κ3) is 5.12. The van der Waals surface area contributed by atoms with E-state index in [9.17, 15) is 27.6 Å². The molecule has 1 saturated heterocycles. The number of carboxylic acids is 2. The average Bonchev–Trinajstić information content (AvgIpc) is 2.36. The second-order valence-corrected chi connectivity index (χ2v) is 4.76. The van der Waals surface area contributed by atoms with Gasteiger partial charge in [-0.2, -0.15) is 13.2 Å². The van der Waals surface area contributed by atoms with Gasteiger partial charge < -0.3 is 20.4 Å². The molecular weight excluding hydrogens is 297 g/mol. The molecule has 1 aliphatic rings. The molecule has 1 rings (SSSR count). The maximum atomic E-state index is 12.6. The molecule has 1 fully saturated rings. The van der Waals surface area contributed by atoms with Crippen LogP contribution in [0.1, 0.15) is 19.3 Å². The number of hydrogen-bond acceptors (Lipinski definition) is 3. The van der Waals surface area contributed by atoms with E-state index in [4.69, 9.17) is 10.2 Å². The highest BCUT2D eigenvalue weighted by Crippen LogP contribution is 2.33. The Hall–Kier alpha value is -2.00. The molecular formula is C11H15F3N2O5. The number of alkyl halides is 3. The van der Waals surface area contributed by atoms with E-state index in [1.54, 1.807) is 0 Å². The van der Waals surface area contributed by atoms with Gasteiger partial charge in [-0.3, -0.25) is 4.79 Å². The van der Waals surface area contributed by atoms with Gasteiger partial charge in [0, 0.05) is 13.1 Å². The largest absolute Gasteiger partial charge is 0.481 e. The molecule has 0 radical (unpaired) electrons. The summed E-state index contributed by atoms with van der Waals surface area (Å²) in [6, 6.07) is -2.68. The normalized spacial score (nSPS) is 20.7. The zero-order chi connectivity index (χ0) is 16.2. The van der Waals surface area contributed by atoms with Crippen LogP contribution < -0.4 is 5.32 Å². The van der Waals surface area contributed by atoms with Crippen LogP contribution in [0.2, 0.25) is 0 Å². The monoisotopic (exact) mass is 312 g/mol. The Labute approximate surface area is 117 Å².